The predicted molar refractivity (Wildman–Crippen MR) is 75.3 cm³/mol. The van der Waals surface area contributed by atoms with Crippen LogP contribution >= 0.6 is 0 Å². The number of fused-ring (bicyclic) bond motifs is 1. The van der Waals surface area contributed by atoms with Crippen LogP contribution < -0.4 is 0 Å². The molecule has 0 aliphatic carbocycles. The maximum Gasteiger partial charge on any atom is 0.222 e. The lowest BCUT2D eigenvalue weighted by molar-refractivity contribution is 0.334. The second-order valence-corrected chi connectivity index (χ2v) is 7.03. The monoisotopic (exact) mass is 278 g/mol. The highest BCUT2D eigenvalue weighted by Gasteiger charge is 2.33. The van der Waals surface area contributed by atoms with E-state index in [1.165, 1.54) is 0 Å². The summed E-state index contributed by atoms with van der Waals surface area (Å²) in [5.74, 6) is 0. The highest BCUT2D eigenvalue weighted by atomic mass is 32.2. The molecule has 2 aliphatic rings. The first-order valence-electron chi connectivity index (χ1n) is 6.58. The zero-order valence-corrected chi connectivity index (χ0v) is 11.9. The summed E-state index contributed by atoms with van der Waals surface area (Å²) in [4.78, 5) is 4.70. The molecule has 1 fully saturated rings. The zero-order chi connectivity index (χ0) is 13.5. The highest BCUT2D eigenvalue weighted by molar-refractivity contribution is 7.95. The van der Waals surface area contributed by atoms with Crippen LogP contribution in [0.25, 0.3) is 6.08 Å². The number of benzene rings is 1. The Morgan fingerprint density at radius 3 is 2.63 bits per heavy atom. The van der Waals surface area contributed by atoms with Crippen molar-refractivity contribution in [2.75, 3.05) is 33.2 Å². The van der Waals surface area contributed by atoms with Crippen molar-refractivity contribution in [3.05, 3.63) is 34.9 Å². The first kappa shape index (κ1) is 12.7. The van der Waals surface area contributed by atoms with Gasteiger partial charge in [0.25, 0.3) is 0 Å². The van der Waals surface area contributed by atoms with Gasteiger partial charge >= 0.3 is 0 Å². The molecular weight excluding hydrogens is 260 g/mol. The number of sulfone groups is 1. The van der Waals surface area contributed by atoms with E-state index in [0.717, 1.165) is 38.2 Å². The van der Waals surface area contributed by atoms with Gasteiger partial charge in [0.15, 0.2) is 0 Å². The van der Waals surface area contributed by atoms with Crippen molar-refractivity contribution < 1.29 is 8.42 Å². The summed E-state index contributed by atoms with van der Waals surface area (Å²) in [7, 11) is -1.23. The number of rotatable bonds is 1. The number of hydrogen-bond donors (Lipinski definition) is 0. The molecule has 0 bridgehead atoms. The van der Waals surface area contributed by atoms with E-state index >= 15 is 0 Å². The molecule has 102 valence electrons. The van der Waals surface area contributed by atoms with Crippen LogP contribution in [0.1, 0.15) is 12.0 Å². The Balaban J connectivity index is 1.95. The molecule has 19 heavy (non-hydrogen) atoms. The van der Waals surface area contributed by atoms with Crippen molar-refractivity contribution >= 4 is 15.9 Å². The third kappa shape index (κ3) is 2.17. The van der Waals surface area contributed by atoms with Gasteiger partial charge in [0.05, 0.1) is 4.90 Å². The van der Waals surface area contributed by atoms with Crippen LogP contribution in [0.4, 0.5) is 0 Å². The third-order valence-electron chi connectivity index (χ3n) is 3.79. The molecule has 0 aromatic heterocycles. The SMILES string of the molecule is CN1CCCN(C2=Cc3ccccc3S2(=O)=O)CC1. The lowest BCUT2D eigenvalue weighted by Crippen LogP contribution is -2.30. The van der Waals surface area contributed by atoms with Crippen molar-refractivity contribution in [1.82, 2.24) is 9.80 Å². The number of likely N-dealkylation sites (N-methyl/N-ethyl adjacent to an activating group) is 1. The van der Waals surface area contributed by atoms with Gasteiger partial charge in [-0.1, -0.05) is 18.2 Å². The summed E-state index contributed by atoms with van der Waals surface area (Å²) in [6, 6.07) is 7.22. The van der Waals surface area contributed by atoms with E-state index in [9.17, 15) is 8.42 Å². The average molecular weight is 278 g/mol. The molecule has 1 aromatic carbocycles. The number of nitrogens with zero attached hydrogens (tertiary/aromatic N) is 2. The number of hydrogen-bond acceptors (Lipinski definition) is 4. The standard InChI is InChI=1S/C14H18N2O2S/c1-15-7-4-8-16(10-9-15)14-11-12-5-2-3-6-13(12)19(14,17)18/h2-3,5-6,11H,4,7-10H2,1H3. The molecule has 0 radical (unpaired) electrons. The van der Waals surface area contributed by atoms with E-state index in [4.69, 9.17) is 0 Å². The van der Waals surface area contributed by atoms with Crippen LogP contribution in [-0.4, -0.2) is 51.4 Å². The van der Waals surface area contributed by atoms with Gasteiger partial charge in [0, 0.05) is 19.6 Å². The molecule has 0 spiro atoms. The fraction of sp³-hybridized carbons (Fsp3) is 0.429. The Morgan fingerprint density at radius 1 is 1.05 bits per heavy atom. The van der Waals surface area contributed by atoms with Gasteiger partial charge in [-0.3, -0.25) is 0 Å². The summed E-state index contributed by atoms with van der Waals surface area (Å²) in [6.45, 7) is 3.51. The molecule has 5 heteroatoms. The minimum absolute atomic E-state index is 0.447. The van der Waals surface area contributed by atoms with E-state index in [0.29, 0.717) is 9.92 Å². The van der Waals surface area contributed by atoms with Gasteiger partial charge in [-0.2, -0.15) is 0 Å². The molecule has 4 nitrogen and oxygen atoms in total. The van der Waals surface area contributed by atoms with Gasteiger partial charge in [0.2, 0.25) is 9.84 Å². The molecule has 2 heterocycles. The normalized spacial score (nSPS) is 22.8. The van der Waals surface area contributed by atoms with E-state index in [1.807, 2.05) is 23.1 Å². The molecule has 0 saturated carbocycles. The maximum atomic E-state index is 12.6. The van der Waals surface area contributed by atoms with E-state index in [2.05, 4.69) is 11.9 Å². The van der Waals surface area contributed by atoms with Crippen molar-refractivity contribution in [3.63, 3.8) is 0 Å². The summed E-state index contributed by atoms with van der Waals surface area (Å²) in [5, 5.41) is 0.476. The Morgan fingerprint density at radius 2 is 1.84 bits per heavy atom. The lowest BCUT2D eigenvalue weighted by Gasteiger charge is -2.23. The van der Waals surface area contributed by atoms with Crippen LogP contribution in [0.5, 0.6) is 0 Å². The molecule has 0 unspecified atom stereocenters. The van der Waals surface area contributed by atoms with Gasteiger partial charge in [-0.15, -0.1) is 0 Å². The first-order valence-corrected chi connectivity index (χ1v) is 8.07. The quantitative estimate of drug-likeness (QED) is 0.779. The minimum atomic E-state index is -3.31. The van der Waals surface area contributed by atoms with Crippen molar-refractivity contribution in [3.8, 4) is 0 Å². The third-order valence-corrected chi connectivity index (χ3v) is 5.67. The Kier molecular flexibility index (Phi) is 3.11. The molecule has 0 atom stereocenters. The molecular formula is C14H18N2O2S. The fourth-order valence-electron chi connectivity index (χ4n) is 2.70. The Hall–Kier alpha value is -1.33. The van der Waals surface area contributed by atoms with E-state index in [1.54, 1.807) is 12.1 Å². The Bertz CT molecular complexity index is 622. The lowest BCUT2D eigenvalue weighted by atomic mass is 10.2. The van der Waals surface area contributed by atoms with Gasteiger partial charge in [-0.25, -0.2) is 8.42 Å². The van der Waals surface area contributed by atoms with E-state index in [-0.39, 0.29) is 0 Å². The minimum Gasteiger partial charge on any atom is -0.361 e. The van der Waals surface area contributed by atoms with Crippen LogP contribution in [0.15, 0.2) is 34.2 Å². The van der Waals surface area contributed by atoms with Crippen molar-refractivity contribution in [2.24, 2.45) is 0 Å². The molecule has 2 aliphatic heterocycles. The van der Waals surface area contributed by atoms with Crippen LogP contribution in [-0.2, 0) is 9.84 Å². The smallest absolute Gasteiger partial charge is 0.222 e. The van der Waals surface area contributed by atoms with Crippen molar-refractivity contribution in [1.29, 1.82) is 0 Å². The summed E-state index contributed by atoms with van der Waals surface area (Å²) in [6.07, 6.45) is 2.82. The predicted octanol–water partition coefficient (Wildman–Crippen LogP) is 1.41. The topological polar surface area (TPSA) is 40.6 Å². The summed E-state index contributed by atoms with van der Waals surface area (Å²) >= 11 is 0. The molecule has 0 amide bonds. The molecule has 1 aromatic rings. The Labute approximate surface area is 114 Å². The van der Waals surface area contributed by atoms with Crippen molar-refractivity contribution in [2.45, 2.75) is 11.3 Å². The molecule has 3 rings (SSSR count). The molecule has 0 N–H and O–H groups in total. The van der Waals surface area contributed by atoms with Gasteiger partial charge in [-0.05, 0) is 37.7 Å². The summed E-state index contributed by atoms with van der Waals surface area (Å²) in [5.41, 5.74) is 0.815. The van der Waals surface area contributed by atoms with Crippen LogP contribution in [0.2, 0.25) is 0 Å². The van der Waals surface area contributed by atoms with Gasteiger partial charge in [0.1, 0.15) is 5.03 Å². The second-order valence-electron chi connectivity index (χ2n) is 5.17. The van der Waals surface area contributed by atoms with E-state index < -0.39 is 9.84 Å². The maximum absolute atomic E-state index is 12.6. The fourth-order valence-corrected chi connectivity index (χ4v) is 4.42. The zero-order valence-electron chi connectivity index (χ0n) is 11.0. The van der Waals surface area contributed by atoms with Crippen LogP contribution in [0.3, 0.4) is 0 Å². The van der Waals surface area contributed by atoms with Crippen LogP contribution in [0, 0.1) is 0 Å². The first-order chi connectivity index (χ1) is 9.09. The highest BCUT2D eigenvalue weighted by Crippen LogP contribution is 2.34. The molecule has 1 saturated heterocycles. The average Bonchev–Trinajstić information content (AvgIpc) is 2.53. The second kappa shape index (κ2) is 4.65. The largest absolute Gasteiger partial charge is 0.361 e. The summed E-state index contributed by atoms with van der Waals surface area (Å²) < 4.78 is 25.1. The van der Waals surface area contributed by atoms with Gasteiger partial charge < -0.3 is 9.80 Å².